The number of fused-ring (bicyclic) bond motifs is 1. The van der Waals surface area contributed by atoms with E-state index in [1.807, 2.05) is 4.57 Å². The summed E-state index contributed by atoms with van der Waals surface area (Å²) >= 11 is 5.30. The average Bonchev–Trinajstić information content (AvgIpc) is 2.46. The predicted molar refractivity (Wildman–Crippen MR) is 84.9 cm³/mol. The third kappa shape index (κ3) is 3.38. The Bertz CT molecular complexity index is 557. The molecule has 1 heterocycles. The van der Waals surface area contributed by atoms with Crippen LogP contribution in [-0.2, 0) is 19.4 Å². The van der Waals surface area contributed by atoms with E-state index in [0.717, 1.165) is 45.4 Å². The zero-order valence-corrected chi connectivity index (χ0v) is 13.4. The molecule has 0 aromatic carbocycles. The molecule has 1 aromatic heterocycles. The highest BCUT2D eigenvalue weighted by Crippen LogP contribution is 2.20. The number of hydrogen-bond acceptors (Lipinski definition) is 3. The summed E-state index contributed by atoms with van der Waals surface area (Å²) in [7, 11) is 0. The predicted octanol–water partition coefficient (Wildman–Crippen LogP) is 2.52. The van der Waals surface area contributed by atoms with Crippen molar-refractivity contribution >= 4 is 12.2 Å². The van der Waals surface area contributed by atoms with Gasteiger partial charge in [-0.05, 0) is 51.7 Å². The molecule has 4 nitrogen and oxygen atoms in total. The molecule has 0 fully saturated rings. The first-order valence-corrected chi connectivity index (χ1v) is 8.15. The largest absolute Gasteiger partial charge is 0.326 e. The van der Waals surface area contributed by atoms with Gasteiger partial charge in [0.15, 0.2) is 0 Å². The van der Waals surface area contributed by atoms with Gasteiger partial charge in [0, 0.05) is 17.8 Å². The van der Waals surface area contributed by atoms with Gasteiger partial charge in [0.1, 0.15) is 4.64 Å². The number of nitrogens with one attached hydrogen (secondary N) is 1. The van der Waals surface area contributed by atoms with E-state index in [2.05, 4.69) is 23.7 Å². The first kappa shape index (κ1) is 15.4. The van der Waals surface area contributed by atoms with E-state index in [1.54, 1.807) is 0 Å². The highest BCUT2D eigenvalue weighted by atomic mass is 32.1. The van der Waals surface area contributed by atoms with Crippen LogP contribution in [0.5, 0.6) is 0 Å². The second kappa shape index (κ2) is 7.18. The van der Waals surface area contributed by atoms with E-state index >= 15 is 0 Å². The van der Waals surface area contributed by atoms with Crippen LogP contribution in [0.1, 0.15) is 44.4 Å². The van der Waals surface area contributed by atoms with Crippen molar-refractivity contribution in [2.45, 2.75) is 52.5 Å². The second-order valence-electron chi connectivity index (χ2n) is 5.42. The van der Waals surface area contributed by atoms with Crippen LogP contribution in [0.15, 0.2) is 4.79 Å². The monoisotopic (exact) mass is 295 g/mol. The number of hydrogen-bond donors (Lipinski definition) is 1. The number of H-pyrrole nitrogens is 1. The Hall–Kier alpha value is -0.940. The fourth-order valence-electron chi connectivity index (χ4n) is 3.02. The van der Waals surface area contributed by atoms with Crippen molar-refractivity contribution in [3.63, 3.8) is 0 Å². The summed E-state index contributed by atoms with van der Waals surface area (Å²) in [6.07, 6.45) is 5.37. The van der Waals surface area contributed by atoms with Crippen molar-refractivity contribution in [2.75, 3.05) is 19.6 Å². The van der Waals surface area contributed by atoms with Gasteiger partial charge in [0.2, 0.25) is 0 Å². The summed E-state index contributed by atoms with van der Waals surface area (Å²) in [6, 6.07) is 0. The van der Waals surface area contributed by atoms with E-state index in [9.17, 15) is 4.79 Å². The van der Waals surface area contributed by atoms with E-state index in [0.29, 0.717) is 4.64 Å². The quantitative estimate of drug-likeness (QED) is 0.820. The van der Waals surface area contributed by atoms with Crippen LogP contribution in [-0.4, -0.2) is 34.1 Å². The highest BCUT2D eigenvalue weighted by molar-refractivity contribution is 7.71. The summed E-state index contributed by atoms with van der Waals surface area (Å²) in [6.45, 7) is 8.34. The molecular weight excluding hydrogens is 270 g/mol. The lowest BCUT2D eigenvalue weighted by Gasteiger charge is -2.22. The Labute approximate surface area is 125 Å². The molecule has 2 rings (SSSR count). The molecule has 0 radical (unpaired) electrons. The lowest BCUT2D eigenvalue weighted by Crippen LogP contribution is -2.31. The summed E-state index contributed by atoms with van der Waals surface area (Å²) < 4.78 is 2.58. The van der Waals surface area contributed by atoms with Crippen molar-refractivity contribution in [3.8, 4) is 0 Å². The molecule has 0 saturated carbocycles. The standard InChI is InChI=1S/C15H25N3OS/c1-3-17(4-2)10-7-11-18-13-9-6-5-8-12(13)14(20)16-15(18)19/h3-11H2,1-2H3,(H,16,19,20). The number of rotatable bonds is 6. The van der Waals surface area contributed by atoms with Gasteiger partial charge in [-0.1, -0.05) is 26.1 Å². The maximum absolute atomic E-state index is 12.2. The molecular formula is C15H25N3OS. The first-order valence-electron chi connectivity index (χ1n) is 7.74. The van der Waals surface area contributed by atoms with Crippen LogP contribution >= 0.6 is 12.2 Å². The van der Waals surface area contributed by atoms with Gasteiger partial charge in [-0.2, -0.15) is 0 Å². The molecule has 0 bridgehead atoms. The van der Waals surface area contributed by atoms with Gasteiger partial charge >= 0.3 is 5.69 Å². The van der Waals surface area contributed by atoms with Crippen LogP contribution in [0.25, 0.3) is 0 Å². The van der Waals surface area contributed by atoms with Crippen LogP contribution in [0, 0.1) is 4.64 Å². The smallest absolute Gasteiger partial charge is 0.304 e. The highest BCUT2D eigenvalue weighted by Gasteiger charge is 2.16. The Morgan fingerprint density at radius 2 is 1.95 bits per heavy atom. The van der Waals surface area contributed by atoms with Crippen molar-refractivity contribution in [3.05, 3.63) is 26.4 Å². The second-order valence-corrected chi connectivity index (χ2v) is 5.83. The van der Waals surface area contributed by atoms with Gasteiger partial charge < -0.3 is 4.90 Å². The minimum absolute atomic E-state index is 0.0322. The van der Waals surface area contributed by atoms with Crippen LogP contribution in [0.3, 0.4) is 0 Å². The van der Waals surface area contributed by atoms with E-state index < -0.39 is 0 Å². The molecule has 112 valence electrons. The molecule has 5 heteroatoms. The topological polar surface area (TPSA) is 41.0 Å². The Morgan fingerprint density at radius 3 is 2.65 bits per heavy atom. The number of nitrogens with zero attached hydrogens (tertiary/aromatic N) is 2. The minimum atomic E-state index is -0.0322. The summed E-state index contributed by atoms with van der Waals surface area (Å²) in [5.74, 6) is 0. The minimum Gasteiger partial charge on any atom is -0.304 e. The third-order valence-corrected chi connectivity index (χ3v) is 4.60. The zero-order valence-electron chi connectivity index (χ0n) is 12.6. The van der Waals surface area contributed by atoms with Crippen molar-refractivity contribution in [2.24, 2.45) is 0 Å². The van der Waals surface area contributed by atoms with Gasteiger partial charge in [0.05, 0.1) is 0 Å². The Balaban J connectivity index is 2.15. The number of aromatic nitrogens is 2. The molecule has 0 amide bonds. The van der Waals surface area contributed by atoms with E-state index in [-0.39, 0.29) is 5.69 Å². The fraction of sp³-hybridized carbons (Fsp3) is 0.733. The van der Waals surface area contributed by atoms with Gasteiger partial charge in [-0.15, -0.1) is 0 Å². The van der Waals surface area contributed by atoms with Gasteiger partial charge in [0.25, 0.3) is 0 Å². The molecule has 0 spiro atoms. The molecule has 0 saturated heterocycles. The fourth-order valence-corrected chi connectivity index (χ4v) is 3.33. The van der Waals surface area contributed by atoms with Crippen LogP contribution < -0.4 is 5.69 Å². The van der Waals surface area contributed by atoms with Crippen LogP contribution in [0.4, 0.5) is 0 Å². The normalized spacial score (nSPS) is 14.6. The van der Waals surface area contributed by atoms with E-state index in [4.69, 9.17) is 12.2 Å². The van der Waals surface area contributed by atoms with Crippen molar-refractivity contribution in [1.82, 2.24) is 14.5 Å². The first-order chi connectivity index (χ1) is 9.67. The molecule has 20 heavy (non-hydrogen) atoms. The average molecular weight is 295 g/mol. The maximum atomic E-state index is 12.2. The van der Waals surface area contributed by atoms with Gasteiger partial charge in [-0.3, -0.25) is 9.55 Å². The molecule has 0 unspecified atom stereocenters. The lowest BCUT2D eigenvalue weighted by molar-refractivity contribution is 0.291. The van der Waals surface area contributed by atoms with Gasteiger partial charge in [-0.25, -0.2) is 4.79 Å². The molecule has 0 aliphatic heterocycles. The Morgan fingerprint density at radius 1 is 1.25 bits per heavy atom. The summed E-state index contributed by atoms with van der Waals surface area (Å²) in [5.41, 5.74) is 2.36. The van der Waals surface area contributed by atoms with Crippen LogP contribution in [0.2, 0.25) is 0 Å². The maximum Gasteiger partial charge on any atom is 0.326 e. The molecule has 1 aliphatic rings. The molecule has 0 atom stereocenters. The lowest BCUT2D eigenvalue weighted by atomic mass is 9.97. The molecule has 1 aliphatic carbocycles. The summed E-state index contributed by atoms with van der Waals surface area (Å²) in [4.78, 5) is 17.4. The molecule has 1 N–H and O–H groups in total. The van der Waals surface area contributed by atoms with Crippen molar-refractivity contribution in [1.29, 1.82) is 0 Å². The molecule has 1 aromatic rings. The van der Waals surface area contributed by atoms with Crippen molar-refractivity contribution < 1.29 is 0 Å². The third-order valence-electron chi connectivity index (χ3n) is 4.25. The zero-order chi connectivity index (χ0) is 14.5. The number of aromatic amines is 1. The SMILES string of the molecule is CCN(CC)CCCn1c2c(c(=S)[nH]c1=O)CCCC2. The Kier molecular flexibility index (Phi) is 5.54. The summed E-state index contributed by atoms with van der Waals surface area (Å²) in [5, 5.41) is 0. The van der Waals surface area contributed by atoms with E-state index in [1.165, 1.54) is 24.1 Å².